The van der Waals surface area contributed by atoms with Gasteiger partial charge in [-0.15, -0.1) is 0 Å². The minimum absolute atomic E-state index is 0.0899. The SMILES string of the molecule is Cc1nc2nc(CCNS(=O)(=O)c3c(C)noc3C)cn2nc1C. The van der Waals surface area contributed by atoms with E-state index in [1.165, 1.54) is 0 Å². The van der Waals surface area contributed by atoms with Crippen molar-refractivity contribution in [3.63, 3.8) is 0 Å². The number of aryl methyl sites for hydroxylation is 4. The summed E-state index contributed by atoms with van der Waals surface area (Å²) in [5.41, 5.74) is 2.69. The average Bonchev–Trinajstić information content (AvgIpc) is 3.02. The van der Waals surface area contributed by atoms with Crippen molar-refractivity contribution >= 4 is 15.8 Å². The fourth-order valence-electron chi connectivity index (χ4n) is 2.39. The lowest BCUT2D eigenvalue weighted by atomic mass is 10.3. The number of nitrogens with one attached hydrogen (secondary N) is 1. The van der Waals surface area contributed by atoms with Crippen LogP contribution in [0.2, 0.25) is 0 Å². The summed E-state index contributed by atoms with van der Waals surface area (Å²) in [6.45, 7) is 7.11. The zero-order chi connectivity index (χ0) is 17.5. The molecule has 3 aromatic heterocycles. The van der Waals surface area contributed by atoms with E-state index in [1.54, 1.807) is 24.6 Å². The Labute approximate surface area is 139 Å². The van der Waals surface area contributed by atoms with Gasteiger partial charge in [0, 0.05) is 13.0 Å². The smallest absolute Gasteiger partial charge is 0.251 e. The number of nitrogens with zero attached hydrogens (tertiary/aromatic N) is 5. The normalized spacial score (nSPS) is 12.2. The molecule has 0 atom stereocenters. The molecule has 0 unspecified atom stereocenters. The van der Waals surface area contributed by atoms with Crippen LogP contribution in [0.1, 0.15) is 28.5 Å². The maximum Gasteiger partial charge on any atom is 0.251 e. The number of imidazole rings is 1. The number of hydrogen-bond donors (Lipinski definition) is 1. The van der Waals surface area contributed by atoms with E-state index >= 15 is 0 Å². The van der Waals surface area contributed by atoms with E-state index < -0.39 is 10.0 Å². The Bertz CT molecular complexity index is 947. The van der Waals surface area contributed by atoms with Gasteiger partial charge >= 0.3 is 0 Å². The largest absolute Gasteiger partial charge is 0.360 e. The second kappa shape index (κ2) is 5.95. The first kappa shape index (κ1) is 16.5. The number of rotatable bonds is 5. The minimum atomic E-state index is -3.66. The van der Waals surface area contributed by atoms with Crippen LogP contribution in [0.5, 0.6) is 0 Å². The molecule has 24 heavy (non-hydrogen) atoms. The molecule has 0 aromatic carbocycles. The van der Waals surface area contributed by atoms with E-state index in [4.69, 9.17) is 4.52 Å². The summed E-state index contributed by atoms with van der Waals surface area (Å²) >= 11 is 0. The van der Waals surface area contributed by atoms with Gasteiger partial charge in [0.2, 0.25) is 10.0 Å². The number of aromatic nitrogens is 5. The standard InChI is InChI=1S/C14H18N6O3S/c1-8-9(2)18-20-7-12(17-14(20)16-8)5-6-15-24(21,22)13-10(3)19-23-11(13)4/h7,15H,5-6H2,1-4H3. The van der Waals surface area contributed by atoms with Crippen LogP contribution >= 0.6 is 0 Å². The van der Waals surface area contributed by atoms with Gasteiger partial charge in [-0.2, -0.15) is 5.10 Å². The highest BCUT2D eigenvalue weighted by Crippen LogP contribution is 2.18. The zero-order valence-corrected chi connectivity index (χ0v) is 14.7. The van der Waals surface area contributed by atoms with E-state index in [1.807, 2.05) is 13.8 Å². The molecule has 0 aliphatic heterocycles. The molecule has 0 saturated heterocycles. The van der Waals surface area contributed by atoms with Crippen molar-refractivity contribution in [3.8, 4) is 0 Å². The molecular formula is C14H18N6O3S. The second-order valence-electron chi connectivity index (χ2n) is 5.56. The average molecular weight is 350 g/mol. The number of sulfonamides is 1. The molecule has 1 N–H and O–H groups in total. The van der Waals surface area contributed by atoms with Crippen molar-refractivity contribution in [1.29, 1.82) is 0 Å². The summed E-state index contributed by atoms with van der Waals surface area (Å²) in [6, 6.07) is 0. The van der Waals surface area contributed by atoms with Gasteiger partial charge < -0.3 is 4.52 Å². The van der Waals surface area contributed by atoms with Crippen molar-refractivity contribution in [3.05, 3.63) is 34.7 Å². The topological polar surface area (TPSA) is 115 Å². The number of fused-ring (bicyclic) bond motifs is 1. The van der Waals surface area contributed by atoms with Crippen LogP contribution in [-0.4, -0.2) is 39.7 Å². The van der Waals surface area contributed by atoms with E-state index in [0.717, 1.165) is 11.4 Å². The Hall–Kier alpha value is -2.33. The molecule has 0 spiro atoms. The molecular weight excluding hydrogens is 332 g/mol. The highest BCUT2D eigenvalue weighted by Gasteiger charge is 2.23. The highest BCUT2D eigenvalue weighted by atomic mass is 32.2. The predicted molar refractivity (Wildman–Crippen MR) is 85.1 cm³/mol. The summed E-state index contributed by atoms with van der Waals surface area (Å²) in [4.78, 5) is 8.79. The zero-order valence-electron chi connectivity index (χ0n) is 13.9. The lowest BCUT2D eigenvalue weighted by Gasteiger charge is -2.04. The minimum Gasteiger partial charge on any atom is -0.360 e. The molecule has 3 heterocycles. The molecule has 0 radical (unpaired) electrons. The van der Waals surface area contributed by atoms with E-state index in [2.05, 4.69) is 24.9 Å². The lowest BCUT2D eigenvalue weighted by molar-refractivity contribution is 0.390. The summed E-state index contributed by atoms with van der Waals surface area (Å²) in [5.74, 6) is 0.772. The van der Waals surface area contributed by atoms with Gasteiger partial charge in [-0.25, -0.2) is 27.6 Å². The first-order valence-corrected chi connectivity index (χ1v) is 8.88. The number of hydrogen-bond acceptors (Lipinski definition) is 7. The van der Waals surface area contributed by atoms with Gasteiger partial charge in [-0.05, 0) is 27.7 Å². The summed E-state index contributed by atoms with van der Waals surface area (Å²) in [7, 11) is -3.66. The van der Waals surface area contributed by atoms with Crippen molar-refractivity contribution in [2.45, 2.75) is 39.0 Å². The molecule has 9 nitrogen and oxygen atoms in total. The third-order valence-electron chi connectivity index (χ3n) is 3.68. The summed E-state index contributed by atoms with van der Waals surface area (Å²) in [5, 5.41) is 8.02. The third kappa shape index (κ3) is 3.02. The van der Waals surface area contributed by atoms with Crippen molar-refractivity contribution in [1.82, 2.24) is 29.5 Å². The van der Waals surface area contributed by atoms with Crippen LogP contribution in [0, 0.1) is 27.7 Å². The molecule has 0 saturated carbocycles. The molecule has 0 aliphatic carbocycles. The van der Waals surface area contributed by atoms with Gasteiger partial charge in [0.05, 0.1) is 23.3 Å². The maximum absolute atomic E-state index is 12.3. The Balaban J connectivity index is 1.72. The van der Waals surface area contributed by atoms with Gasteiger partial charge in [-0.1, -0.05) is 5.16 Å². The van der Waals surface area contributed by atoms with Crippen molar-refractivity contribution < 1.29 is 12.9 Å². The van der Waals surface area contributed by atoms with Gasteiger partial charge in [0.15, 0.2) is 5.76 Å². The fourth-order valence-corrected chi connectivity index (χ4v) is 3.74. The first-order chi connectivity index (χ1) is 11.3. The van der Waals surface area contributed by atoms with Crippen LogP contribution in [-0.2, 0) is 16.4 Å². The van der Waals surface area contributed by atoms with E-state index in [9.17, 15) is 8.42 Å². The molecule has 0 amide bonds. The highest BCUT2D eigenvalue weighted by molar-refractivity contribution is 7.89. The Kier molecular flexibility index (Phi) is 4.10. The monoisotopic (exact) mass is 350 g/mol. The molecule has 3 aromatic rings. The van der Waals surface area contributed by atoms with E-state index in [0.29, 0.717) is 23.6 Å². The Morgan fingerprint density at radius 2 is 1.88 bits per heavy atom. The van der Waals surface area contributed by atoms with E-state index in [-0.39, 0.29) is 17.2 Å². The van der Waals surface area contributed by atoms with Crippen LogP contribution in [0.3, 0.4) is 0 Å². The maximum atomic E-state index is 12.3. The Morgan fingerprint density at radius 3 is 2.54 bits per heavy atom. The first-order valence-electron chi connectivity index (χ1n) is 7.40. The quantitative estimate of drug-likeness (QED) is 0.726. The van der Waals surface area contributed by atoms with Gasteiger partial charge in [0.25, 0.3) is 5.78 Å². The summed E-state index contributed by atoms with van der Waals surface area (Å²) in [6.07, 6.45) is 2.17. The van der Waals surface area contributed by atoms with Crippen molar-refractivity contribution in [2.24, 2.45) is 0 Å². The molecule has 0 bridgehead atoms. The van der Waals surface area contributed by atoms with Crippen LogP contribution in [0.25, 0.3) is 5.78 Å². The molecule has 128 valence electrons. The third-order valence-corrected chi connectivity index (χ3v) is 5.38. The predicted octanol–water partition coefficient (Wildman–Crippen LogP) is 0.867. The van der Waals surface area contributed by atoms with Gasteiger partial charge in [-0.3, -0.25) is 0 Å². The van der Waals surface area contributed by atoms with Crippen LogP contribution < -0.4 is 4.72 Å². The molecule has 3 rings (SSSR count). The fraction of sp³-hybridized carbons (Fsp3) is 0.429. The molecule has 0 fully saturated rings. The van der Waals surface area contributed by atoms with Gasteiger partial charge in [0.1, 0.15) is 10.6 Å². The Morgan fingerprint density at radius 1 is 1.12 bits per heavy atom. The molecule has 0 aliphatic rings. The second-order valence-corrected chi connectivity index (χ2v) is 7.26. The summed E-state index contributed by atoms with van der Waals surface area (Å²) < 4.78 is 33.7. The molecule has 10 heteroatoms. The van der Waals surface area contributed by atoms with Crippen molar-refractivity contribution in [2.75, 3.05) is 6.54 Å². The lowest BCUT2D eigenvalue weighted by Crippen LogP contribution is -2.26. The van der Waals surface area contributed by atoms with Crippen LogP contribution in [0.4, 0.5) is 0 Å². The van der Waals surface area contributed by atoms with Crippen LogP contribution in [0.15, 0.2) is 15.6 Å².